The van der Waals surface area contributed by atoms with Gasteiger partial charge in [-0.1, -0.05) is 28.1 Å². The van der Waals surface area contributed by atoms with Gasteiger partial charge in [-0.25, -0.2) is 13.4 Å². The zero-order chi connectivity index (χ0) is 11.8. The molecule has 0 radical (unpaired) electrons. The Hall–Kier alpha value is -0.720. The minimum Gasteiger partial charge on any atom is -0.225 e. The van der Waals surface area contributed by atoms with Crippen molar-refractivity contribution in [2.24, 2.45) is 0 Å². The molecule has 84 valence electrons. The summed E-state index contributed by atoms with van der Waals surface area (Å²) in [6.45, 7) is 0. The second kappa shape index (κ2) is 4.27. The summed E-state index contributed by atoms with van der Waals surface area (Å²) in [7, 11) is -3.20. The highest BCUT2D eigenvalue weighted by Gasteiger charge is 2.13. The molecule has 0 amide bonds. The third-order valence-corrected chi connectivity index (χ3v) is 5.03. The maximum Gasteiger partial charge on any atom is 0.209 e. The van der Waals surface area contributed by atoms with Crippen LogP contribution in [0.25, 0.3) is 11.3 Å². The lowest BCUT2D eigenvalue weighted by atomic mass is 10.2. The smallest absolute Gasteiger partial charge is 0.209 e. The SMILES string of the molecule is CS(=O)(=O)c1nc(-c2ccc(Br)cc2)cs1. The van der Waals surface area contributed by atoms with Gasteiger partial charge in [0.15, 0.2) is 0 Å². The number of rotatable bonds is 2. The van der Waals surface area contributed by atoms with Crippen molar-refractivity contribution in [3.8, 4) is 11.3 Å². The van der Waals surface area contributed by atoms with Gasteiger partial charge < -0.3 is 0 Å². The van der Waals surface area contributed by atoms with Gasteiger partial charge in [-0.05, 0) is 12.1 Å². The Labute approximate surface area is 106 Å². The van der Waals surface area contributed by atoms with E-state index in [9.17, 15) is 8.42 Å². The fraction of sp³-hybridized carbons (Fsp3) is 0.100. The number of nitrogens with zero attached hydrogens (tertiary/aromatic N) is 1. The van der Waals surface area contributed by atoms with Crippen molar-refractivity contribution in [3.05, 3.63) is 34.1 Å². The molecule has 2 rings (SSSR count). The van der Waals surface area contributed by atoms with Crippen LogP contribution in [-0.4, -0.2) is 19.7 Å². The lowest BCUT2D eigenvalue weighted by Crippen LogP contribution is -1.95. The quantitative estimate of drug-likeness (QED) is 0.855. The molecule has 0 saturated carbocycles. The summed E-state index contributed by atoms with van der Waals surface area (Å²) in [5.41, 5.74) is 1.60. The van der Waals surface area contributed by atoms with Crippen molar-refractivity contribution in [2.45, 2.75) is 4.34 Å². The highest BCUT2D eigenvalue weighted by molar-refractivity contribution is 9.10. The normalized spacial score (nSPS) is 11.6. The molecule has 1 heterocycles. The Morgan fingerprint density at radius 1 is 1.25 bits per heavy atom. The maximum atomic E-state index is 11.3. The molecule has 0 aliphatic heterocycles. The molecule has 0 aliphatic rings. The van der Waals surface area contributed by atoms with E-state index in [0.717, 1.165) is 27.6 Å². The van der Waals surface area contributed by atoms with Gasteiger partial charge >= 0.3 is 0 Å². The minimum absolute atomic E-state index is 0.158. The third kappa shape index (κ3) is 2.50. The summed E-state index contributed by atoms with van der Waals surface area (Å²) in [6, 6.07) is 7.58. The fourth-order valence-electron chi connectivity index (χ4n) is 1.18. The zero-order valence-electron chi connectivity index (χ0n) is 8.34. The Balaban J connectivity index is 2.43. The van der Waals surface area contributed by atoms with Crippen LogP contribution < -0.4 is 0 Å². The molecular formula is C10H8BrNO2S2. The molecule has 16 heavy (non-hydrogen) atoms. The Morgan fingerprint density at radius 3 is 2.38 bits per heavy atom. The predicted octanol–water partition coefficient (Wildman–Crippen LogP) is 2.98. The summed E-state index contributed by atoms with van der Waals surface area (Å²) in [6.07, 6.45) is 1.16. The Bertz CT molecular complexity index is 602. The first-order valence-electron chi connectivity index (χ1n) is 4.38. The molecule has 0 saturated heterocycles. The van der Waals surface area contributed by atoms with Crippen LogP contribution in [-0.2, 0) is 9.84 Å². The molecule has 1 aromatic carbocycles. The van der Waals surface area contributed by atoms with Gasteiger partial charge in [0, 0.05) is 21.7 Å². The molecule has 0 spiro atoms. The van der Waals surface area contributed by atoms with Crippen LogP contribution in [0.1, 0.15) is 0 Å². The number of hydrogen-bond acceptors (Lipinski definition) is 4. The molecule has 3 nitrogen and oxygen atoms in total. The number of halogens is 1. The molecular weight excluding hydrogens is 310 g/mol. The molecule has 2 aromatic rings. The van der Waals surface area contributed by atoms with Gasteiger partial charge in [-0.15, -0.1) is 11.3 Å². The highest BCUT2D eigenvalue weighted by atomic mass is 79.9. The van der Waals surface area contributed by atoms with Crippen LogP contribution in [0.2, 0.25) is 0 Å². The van der Waals surface area contributed by atoms with Gasteiger partial charge in [0.2, 0.25) is 14.2 Å². The van der Waals surface area contributed by atoms with E-state index in [-0.39, 0.29) is 4.34 Å². The van der Waals surface area contributed by atoms with Gasteiger partial charge in [0.1, 0.15) is 0 Å². The van der Waals surface area contributed by atoms with Crippen LogP contribution in [0.3, 0.4) is 0 Å². The summed E-state index contributed by atoms with van der Waals surface area (Å²) < 4.78 is 23.7. The summed E-state index contributed by atoms with van der Waals surface area (Å²) >= 11 is 4.49. The van der Waals surface area contributed by atoms with Gasteiger partial charge in [0.05, 0.1) is 5.69 Å². The lowest BCUT2D eigenvalue weighted by Gasteiger charge is -1.96. The first kappa shape index (κ1) is 11.8. The van der Waals surface area contributed by atoms with E-state index in [2.05, 4.69) is 20.9 Å². The van der Waals surface area contributed by atoms with E-state index in [0.29, 0.717) is 5.69 Å². The van der Waals surface area contributed by atoms with Crippen LogP contribution in [0, 0.1) is 0 Å². The minimum atomic E-state index is -3.20. The number of aromatic nitrogens is 1. The second-order valence-electron chi connectivity index (χ2n) is 3.28. The molecule has 0 bridgehead atoms. The highest BCUT2D eigenvalue weighted by Crippen LogP contribution is 2.25. The maximum absolute atomic E-state index is 11.3. The molecule has 0 fully saturated rings. The van der Waals surface area contributed by atoms with E-state index >= 15 is 0 Å². The van der Waals surface area contributed by atoms with Gasteiger partial charge in [0.25, 0.3) is 0 Å². The van der Waals surface area contributed by atoms with Crippen molar-refractivity contribution >= 4 is 37.1 Å². The standard InChI is InChI=1S/C10H8BrNO2S2/c1-16(13,14)10-12-9(6-15-10)7-2-4-8(11)5-3-7/h2-6H,1H3. The first-order valence-corrected chi connectivity index (χ1v) is 7.95. The number of thiazole rings is 1. The third-order valence-electron chi connectivity index (χ3n) is 1.94. The topological polar surface area (TPSA) is 47.0 Å². The van der Waals surface area contributed by atoms with Gasteiger partial charge in [-0.2, -0.15) is 0 Å². The summed E-state index contributed by atoms with van der Waals surface area (Å²) in [5, 5.41) is 1.75. The van der Waals surface area contributed by atoms with Crippen molar-refractivity contribution in [3.63, 3.8) is 0 Å². The number of sulfone groups is 1. The van der Waals surface area contributed by atoms with E-state index in [1.54, 1.807) is 5.38 Å². The monoisotopic (exact) mass is 317 g/mol. The Morgan fingerprint density at radius 2 is 1.88 bits per heavy atom. The molecule has 0 unspecified atom stereocenters. The van der Waals surface area contributed by atoms with E-state index in [4.69, 9.17) is 0 Å². The van der Waals surface area contributed by atoms with Crippen molar-refractivity contribution < 1.29 is 8.42 Å². The largest absolute Gasteiger partial charge is 0.225 e. The molecule has 0 N–H and O–H groups in total. The number of hydrogen-bond donors (Lipinski definition) is 0. The molecule has 1 aromatic heterocycles. The molecule has 0 aliphatic carbocycles. The van der Waals surface area contributed by atoms with Crippen molar-refractivity contribution in [1.29, 1.82) is 0 Å². The average Bonchev–Trinajstić information content (AvgIpc) is 2.67. The first-order chi connectivity index (χ1) is 7.47. The average molecular weight is 318 g/mol. The van der Waals surface area contributed by atoms with Crippen LogP contribution >= 0.6 is 27.3 Å². The van der Waals surface area contributed by atoms with Crippen molar-refractivity contribution in [2.75, 3.05) is 6.26 Å². The fourth-order valence-corrected chi connectivity index (χ4v) is 3.11. The summed E-state index contributed by atoms with van der Waals surface area (Å²) in [4.78, 5) is 4.10. The van der Waals surface area contributed by atoms with E-state index < -0.39 is 9.84 Å². The van der Waals surface area contributed by atoms with Crippen LogP contribution in [0.5, 0.6) is 0 Å². The Kier molecular flexibility index (Phi) is 3.14. The van der Waals surface area contributed by atoms with Crippen LogP contribution in [0.4, 0.5) is 0 Å². The second-order valence-corrected chi connectivity index (χ2v) is 7.24. The van der Waals surface area contributed by atoms with Crippen LogP contribution in [0.15, 0.2) is 38.5 Å². The van der Waals surface area contributed by atoms with E-state index in [1.807, 2.05) is 24.3 Å². The summed E-state index contributed by atoms with van der Waals surface area (Å²) in [5.74, 6) is 0. The predicted molar refractivity (Wildman–Crippen MR) is 68.4 cm³/mol. The molecule has 0 atom stereocenters. The zero-order valence-corrected chi connectivity index (χ0v) is 11.6. The number of benzene rings is 1. The van der Waals surface area contributed by atoms with E-state index in [1.165, 1.54) is 0 Å². The molecule has 6 heteroatoms. The lowest BCUT2D eigenvalue weighted by molar-refractivity contribution is 0.601. The van der Waals surface area contributed by atoms with Gasteiger partial charge in [-0.3, -0.25) is 0 Å². The van der Waals surface area contributed by atoms with Crippen molar-refractivity contribution in [1.82, 2.24) is 4.98 Å².